The summed E-state index contributed by atoms with van der Waals surface area (Å²) in [6.07, 6.45) is 20.7. The molecule has 0 aliphatic carbocycles. The van der Waals surface area contributed by atoms with E-state index in [9.17, 15) is 33.6 Å². The molecule has 10 rings (SSSR count). The third-order valence-electron chi connectivity index (χ3n) is 14.9. The quantitative estimate of drug-likeness (QED) is 0.0657. The summed E-state index contributed by atoms with van der Waals surface area (Å²) in [6, 6.07) is 20.4. The van der Waals surface area contributed by atoms with Crippen molar-refractivity contribution in [1.82, 2.24) is 65.3 Å². The van der Waals surface area contributed by atoms with E-state index in [-0.39, 0.29) is 47.6 Å². The van der Waals surface area contributed by atoms with E-state index in [0.717, 1.165) is 30.0 Å². The molecule has 4 fully saturated rings. The van der Waals surface area contributed by atoms with Crippen molar-refractivity contribution in [2.24, 2.45) is 0 Å². The molecule has 4 aliphatic heterocycles. The number of halogens is 7. The van der Waals surface area contributed by atoms with Crippen LogP contribution in [0.4, 0.5) is 31.4 Å². The number of benzene rings is 2. The molecule has 33 heteroatoms. The van der Waals surface area contributed by atoms with Crippen LogP contribution in [0.15, 0.2) is 110 Å². The van der Waals surface area contributed by atoms with E-state index in [1.54, 1.807) is 108 Å². The zero-order valence-corrected chi connectivity index (χ0v) is 75.0. The molecule has 100 heavy (non-hydrogen) atoms. The van der Waals surface area contributed by atoms with Gasteiger partial charge in [-0.3, -0.25) is 53.4 Å². The fourth-order valence-electron chi connectivity index (χ4n) is 9.92. The van der Waals surface area contributed by atoms with Crippen molar-refractivity contribution in [3.8, 4) is 12.8 Å². The second kappa shape index (κ2) is 41.9. The number of rotatable bonds is 7. The van der Waals surface area contributed by atoms with Gasteiger partial charge in [0.1, 0.15) is 33.4 Å². The topological polar surface area (TPSA) is 284 Å². The summed E-state index contributed by atoms with van der Waals surface area (Å²) in [5.41, 5.74) is -0.319. The first kappa shape index (κ1) is 91.7. The fourth-order valence-corrected chi connectivity index (χ4v) is 10.4. The van der Waals surface area contributed by atoms with E-state index >= 15 is 0 Å². The maximum Gasteiger partial charge on any atom is 0.0659 e. The van der Waals surface area contributed by atoms with E-state index < -0.39 is 57.2 Å². The first-order valence-electron chi connectivity index (χ1n) is 31.3. The van der Waals surface area contributed by atoms with Crippen LogP contribution in [0.3, 0.4) is 0 Å². The van der Waals surface area contributed by atoms with Crippen molar-refractivity contribution < 1.29 is 61.0 Å². The smallest absolute Gasteiger partial charge is 0.0659 e. The van der Waals surface area contributed by atoms with Gasteiger partial charge in [0.05, 0.1) is 64.0 Å². The summed E-state index contributed by atoms with van der Waals surface area (Å²) in [5.74, 6) is -0.361. The van der Waals surface area contributed by atoms with Gasteiger partial charge in [0.2, 0.25) is 11.8 Å². The number of hydrogen-bond donors (Lipinski definition) is 4. The Balaban J connectivity index is 0.000000425. The number of nitrogens with one attached hydrogen (secondary N) is 4. The molecule has 4 saturated heterocycles. The van der Waals surface area contributed by atoms with Crippen LogP contribution in [0, 0.1) is 16.4 Å². The molecule has 4 aromatic heterocycles. The Hall–Kier alpha value is -4.40. The molecule has 4 aliphatic rings. The molecule has 0 atom stereocenters. The van der Waals surface area contributed by atoms with Gasteiger partial charge >= 0.3 is 68.8 Å². The van der Waals surface area contributed by atoms with Gasteiger partial charge in [-0.05, 0) is 151 Å². The van der Waals surface area contributed by atoms with Crippen molar-refractivity contribution in [1.29, 1.82) is 0 Å². The Labute approximate surface area is 673 Å². The van der Waals surface area contributed by atoms with Crippen molar-refractivity contribution in [2.45, 2.75) is 170 Å². The first-order chi connectivity index (χ1) is 46.2. The van der Waals surface area contributed by atoms with Crippen molar-refractivity contribution in [3.63, 3.8) is 0 Å². The Bertz CT molecular complexity index is 3520. The number of aromatic nitrogens is 8. The number of ether oxygens (including phenoxy) is 3. The first-order valence-corrected chi connectivity index (χ1v) is 51.3. The summed E-state index contributed by atoms with van der Waals surface area (Å²) < 4.78 is 21.1. The summed E-state index contributed by atoms with van der Waals surface area (Å²) in [5, 5.41) is 27.6. The molecule has 2 aromatic carbocycles. The Morgan fingerprint density at radius 2 is 0.890 bits per heavy atom. The summed E-state index contributed by atoms with van der Waals surface area (Å²) in [7, 11) is 0. The number of nitrogens with zero attached hydrogens (tertiary/aromatic N) is 12. The van der Waals surface area contributed by atoms with Crippen LogP contribution in [-0.4, -0.2) is 188 Å². The normalized spacial score (nSPS) is 16.6. The van der Waals surface area contributed by atoms with E-state index in [2.05, 4.69) is 163 Å². The number of aromatic amines is 2. The van der Waals surface area contributed by atoms with Crippen molar-refractivity contribution in [3.05, 3.63) is 125 Å². The molecular weight excluding hydrogens is 2080 g/mol. The second-order valence-corrected chi connectivity index (χ2v) is 44.9. The van der Waals surface area contributed by atoms with Gasteiger partial charge in [0, 0.05) is 114 Å². The van der Waals surface area contributed by atoms with Crippen LogP contribution >= 0.6 is 121 Å². The van der Waals surface area contributed by atoms with Gasteiger partial charge in [0.25, 0.3) is 11.8 Å². The van der Waals surface area contributed by atoms with Gasteiger partial charge in [-0.15, -0.1) is 36.8 Å². The van der Waals surface area contributed by atoms with Gasteiger partial charge in [-0.2, -0.15) is 20.4 Å². The van der Waals surface area contributed by atoms with E-state index in [1.807, 2.05) is 132 Å². The number of anilines is 3. The van der Waals surface area contributed by atoms with Crippen LogP contribution in [0.1, 0.15) is 129 Å². The maximum atomic E-state index is 13.1. The van der Waals surface area contributed by atoms with E-state index in [1.165, 1.54) is 23.8 Å². The van der Waals surface area contributed by atoms with Gasteiger partial charge < -0.3 is 39.5 Å². The molecule has 6 aromatic rings. The average Bonchev–Trinajstić information content (AvgIpc) is 1.14. The minimum atomic E-state index is -0.998. The average molecular weight is 2170 g/mol. The summed E-state index contributed by atoms with van der Waals surface area (Å²) >= 11 is 11.8. The minimum absolute atomic E-state index is 0. The fraction of sp³-hybridized carbons (Fsp3) is 0.507. The van der Waals surface area contributed by atoms with Crippen LogP contribution in [0.25, 0.3) is 0 Å². The maximum absolute atomic E-state index is 13.1. The monoisotopic (exact) mass is 2170 g/mol. The molecule has 4 N–H and O–H groups in total. The zero-order valence-electron chi connectivity index (χ0n) is 59.7. The standard InChI is InChI=1S/C21H28N4O3.C14H22N4O3.C11H20N2O3.C10H9IN2.C9H14N4O.C2H2.I3.I2.HI/c1-20(2,3)28-19(27)25-12-11-24(18(26)21(25,4)5)17-13-22-23(15-17)14-16-9-7-6-8-10-16;1-13(2,3)21-12(20)18-7-6-17(10-8-15-16-9-10)11(19)14(18,4)5;1-10(2,3)16-9(15)13-7-6-12-8(14)11(13,4)5;11-10-6-12-13(8-10)7-9-4-2-1-3-5-9;1-9(2)8(14)13(4-3-10-9)7-5-11-12-6-7;1-2;1-3-2;1-2;/h6-10,13,15H,11-12,14H2,1-5H3;8-9H,6-7H2,1-5H3,(H,15,16);6-7H2,1-5H3,(H,12,14);1-6,8H,7H2;5-6,10H,3-4H2,1-2H3,(H,11,12);1-2H;;;1H/q;;;;;;-1;;. The Morgan fingerprint density at radius 3 is 1.26 bits per heavy atom. The third kappa shape index (κ3) is 28.6. The van der Waals surface area contributed by atoms with Crippen LogP contribution in [-0.2, 0) is 46.5 Å². The predicted molar refractivity (Wildman–Crippen MR) is 440 cm³/mol. The second-order valence-electron chi connectivity index (χ2n) is 27.4. The molecule has 0 saturated carbocycles. The largest absolute Gasteiger partial charge is 0.267 e. The molecule has 0 spiro atoms. The Kier molecular flexibility index (Phi) is 38.4. The number of terminal acetylenes is 1. The molecule has 7 amide bonds. The van der Waals surface area contributed by atoms with Gasteiger partial charge in [-0.25, -0.2) is 14.4 Å². The van der Waals surface area contributed by atoms with Crippen LogP contribution in [0.2, 0.25) is 0 Å². The summed E-state index contributed by atoms with van der Waals surface area (Å²) in [4.78, 5) is 95.6. The van der Waals surface area contributed by atoms with Crippen LogP contribution < -0.4 is 38.6 Å². The molecule has 26 nitrogen and oxygen atoms in total. The van der Waals surface area contributed by atoms with E-state index in [0.29, 0.717) is 71.3 Å². The number of H-pyrrole nitrogens is 2. The molecule has 554 valence electrons. The molecule has 0 radical (unpaired) electrons. The van der Waals surface area contributed by atoms with Gasteiger partial charge in [-0.1, -0.05) is 60.7 Å². The van der Waals surface area contributed by atoms with Gasteiger partial charge in [0.15, 0.2) is 0 Å². The minimum Gasteiger partial charge on any atom is -0.267 e. The van der Waals surface area contributed by atoms with Crippen molar-refractivity contribution in [2.75, 3.05) is 67.1 Å². The van der Waals surface area contributed by atoms with E-state index in [4.69, 9.17) is 14.2 Å². The predicted octanol–water partition coefficient (Wildman–Crippen LogP) is 10.3. The third-order valence-corrected chi connectivity index (χ3v) is 15.4. The van der Waals surface area contributed by atoms with Crippen molar-refractivity contribution >= 4 is 180 Å². The SMILES string of the molecule is C#C.CC(C)(C)OC(=O)N1CCN(c2cn[nH]c2)C(=O)C1(C)C.CC(C)(C)OC(=O)N1CCN(c2cnn(Cc3ccccc3)c2)C(=O)C1(C)C.CC(C)(C)OC(=O)N1CCNC(=O)C1(C)C.CC1(C)NCCN(c2cn[nH]c2)C1=O.I.II.I[I-]I.Ic1cnn(Cc2ccccc2)c1. The summed E-state index contributed by atoms with van der Waals surface area (Å²) in [6.45, 7) is 36.0. The number of carbonyl (C=O) groups excluding carboxylic acids is 7. The zero-order chi connectivity index (χ0) is 74.9. The molecule has 0 bridgehead atoms. The van der Waals surface area contributed by atoms with Crippen LogP contribution in [0.5, 0.6) is 0 Å². The number of piperazine rings is 4. The molecular formula is C67H96I7N16O10-. The Morgan fingerprint density at radius 1 is 0.520 bits per heavy atom. The number of amides is 7. The molecule has 8 heterocycles. The number of hydrogen-bond acceptors (Lipinski definition) is 15. The number of carbonyl (C=O) groups is 7. The molecule has 0 unspecified atom stereocenters.